The van der Waals surface area contributed by atoms with Gasteiger partial charge in [0.1, 0.15) is 0 Å². The number of hydrogen-bond acceptors (Lipinski definition) is 2. The highest BCUT2D eigenvalue weighted by Crippen LogP contribution is 2.39. The largest absolute Gasteiger partial charge is 0.481 e. The minimum atomic E-state index is -0.734. The molecule has 0 bridgehead atoms. The number of hydrogen-bond donors (Lipinski definition) is 1. The lowest BCUT2D eigenvalue weighted by Crippen LogP contribution is -2.26. The molecule has 1 unspecified atom stereocenters. The Kier molecular flexibility index (Phi) is 6.07. The third-order valence-electron chi connectivity index (χ3n) is 4.38. The van der Waals surface area contributed by atoms with E-state index in [0.717, 1.165) is 37.9 Å². The van der Waals surface area contributed by atoms with E-state index in [1.807, 2.05) is 31.2 Å². The van der Waals surface area contributed by atoms with Crippen molar-refractivity contribution in [2.75, 3.05) is 6.61 Å². The van der Waals surface area contributed by atoms with Crippen molar-refractivity contribution < 1.29 is 14.6 Å². The summed E-state index contributed by atoms with van der Waals surface area (Å²) in [5.41, 5.74) is 1.08. The van der Waals surface area contributed by atoms with Crippen LogP contribution in [0.4, 0.5) is 0 Å². The Morgan fingerprint density at radius 2 is 1.90 bits per heavy atom. The maximum Gasteiger partial charge on any atom is 0.303 e. The minimum absolute atomic E-state index is 0.0716. The lowest BCUT2D eigenvalue weighted by molar-refractivity contribution is -0.137. The Morgan fingerprint density at radius 3 is 2.43 bits per heavy atom. The van der Waals surface area contributed by atoms with Gasteiger partial charge in [-0.15, -0.1) is 0 Å². The summed E-state index contributed by atoms with van der Waals surface area (Å²) < 4.78 is 5.68. The predicted octanol–water partition coefficient (Wildman–Crippen LogP) is 4.49. The first kappa shape index (κ1) is 16.3. The van der Waals surface area contributed by atoms with Gasteiger partial charge >= 0.3 is 5.97 Å². The fourth-order valence-electron chi connectivity index (χ4n) is 3.35. The van der Waals surface area contributed by atoms with Gasteiger partial charge in [-0.25, -0.2) is 0 Å². The summed E-state index contributed by atoms with van der Waals surface area (Å²) >= 11 is 5.93. The molecule has 21 heavy (non-hydrogen) atoms. The van der Waals surface area contributed by atoms with E-state index in [1.54, 1.807) is 0 Å². The zero-order valence-corrected chi connectivity index (χ0v) is 13.2. The molecule has 2 rings (SSSR count). The fourth-order valence-corrected chi connectivity index (χ4v) is 3.47. The van der Waals surface area contributed by atoms with Crippen LogP contribution in [-0.2, 0) is 9.53 Å². The van der Waals surface area contributed by atoms with Crippen LogP contribution in [-0.4, -0.2) is 23.8 Å². The van der Waals surface area contributed by atoms with Crippen LogP contribution in [0.15, 0.2) is 24.3 Å². The molecule has 1 aromatic rings. The molecule has 1 aliphatic carbocycles. The van der Waals surface area contributed by atoms with E-state index in [9.17, 15) is 9.90 Å². The van der Waals surface area contributed by atoms with Crippen LogP contribution in [0.1, 0.15) is 50.5 Å². The van der Waals surface area contributed by atoms with Gasteiger partial charge < -0.3 is 9.84 Å². The van der Waals surface area contributed by atoms with Crippen molar-refractivity contribution in [2.24, 2.45) is 5.92 Å². The number of rotatable bonds is 6. The fraction of sp³-hybridized carbons (Fsp3) is 0.588. The van der Waals surface area contributed by atoms with Crippen molar-refractivity contribution in [2.45, 2.75) is 51.0 Å². The van der Waals surface area contributed by atoms with E-state index in [-0.39, 0.29) is 12.3 Å². The van der Waals surface area contributed by atoms with Gasteiger partial charge in [0.25, 0.3) is 0 Å². The molecule has 116 valence electrons. The van der Waals surface area contributed by atoms with Crippen molar-refractivity contribution in [3.8, 4) is 0 Å². The summed E-state index contributed by atoms with van der Waals surface area (Å²) in [7, 11) is 0. The summed E-state index contributed by atoms with van der Waals surface area (Å²) in [6.07, 6.45) is 4.66. The van der Waals surface area contributed by atoms with Crippen molar-refractivity contribution in [3.63, 3.8) is 0 Å². The zero-order chi connectivity index (χ0) is 15.2. The molecule has 4 heteroatoms. The Balaban J connectivity index is 2.06. The molecule has 1 fully saturated rings. The molecule has 0 aromatic heterocycles. The molecule has 1 aromatic carbocycles. The minimum Gasteiger partial charge on any atom is -0.481 e. The van der Waals surface area contributed by atoms with Crippen molar-refractivity contribution in [1.82, 2.24) is 0 Å². The third-order valence-corrected chi connectivity index (χ3v) is 4.63. The quantitative estimate of drug-likeness (QED) is 0.842. The Labute approximate surface area is 131 Å². The van der Waals surface area contributed by atoms with E-state index in [4.69, 9.17) is 16.3 Å². The molecule has 1 N–H and O–H groups in total. The number of carboxylic acids is 1. The molecule has 0 spiro atoms. The average Bonchev–Trinajstić information content (AvgIpc) is 2.47. The van der Waals surface area contributed by atoms with E-state index in [2.05, 4.69) is 0 Å². The number of carbonyl (C=O) groups is 1. The molecule has 3 nitrogen and oxygen atoms in total. The summed E-state index contributed by atoms with van der Waals surface area (Å²) in [4.78, 5) is 11.2. The second-order valence-corrected chi connectivity index (χ2v) is 6.18. The number of carboxylic acid groups (broad SMARTS) is 1. The van der Waals surface area contributed by atoms with Gasteiger partial charge in [0, 0.05) is 11.6 Å². The van der Waals surface area contributed by atoms with Crippen LogP contribution in [0, 0.1) is 5.92 Å². The van der Waals surface area contributed by atoms with Crippen molar-refractivity contribution in [1.29, 1.82) is 0 Å². The van der Waals surface area contributed by atoms with Crippen LogP contribution in [0.3, 0.4) is 0 Å². The molecule has 1 aliphatic rings. The van der Waals surface area contributed by atoms with Gasteiger partial charge in [0.05, 0.1) is 12.5 Å². The highest BCUT2D eigenvalue weighted by Gasteiger charge is 2.30. The monoisotopic (exact) mass is 310 g/mol. The first-order valence-electron chi connectivity index (χ1n) is 7.69. The van der Waals surface area contributed by atoms with E-state index in [1.165, 1.54) is 0 Å². The smallest absolute Gasteiger partial charge is 0.303 e. The Morgan fingerprint density at radius 1 is 1.29 bits per heavy atom. The van der Waals surface area contributed by atoms with Gasteiger partial charge in [0.15, 0.2) is 0 Å². The van der Waals surface area contributed by atoms with Gasteiger partial charge in [-0.05, 0) is 62.1 Å². The summed E-state index contributed by atoms with van der Waals surface area (Å²) in [5, 5.41) is 9.90. The maximum atomic E-state index is 11.2. The molecule has 1 atom stereocenters. The molecular weight excluding hydrogens is 288 g/mol. The van der Waals surface area contributed by atoms with Crippen molar-refractivity contribution >= 4 is 17.6 Å². The topological polar surface area (TPSA) is 46.5 Å². The maximum absolute atomic E-state index is 11.2. The van der Waals surface area contributed by atoms with Gasteiger partial charge in [-0.3, -0.25) is 4.79 Å². The second-order valence-electron chi connectivity index (χ2n) is 5.75. The first-order valence-corrected chi connectivity index (χ1v) is 8.06. The second kappa shape index (κ2) is 7.81. The van der Waals surface area contributed by atoms with Gasteiger partial charge in [-0.2, -0.15) is 0 Å². The molecular formula is C17H23ClO3. The van der Waals surface area contributed by atoms with Gasteiger partial charge in [0.2, 0.25) is 0 Å². The first-order chi connectivity index (χ1) is 10.1. The summed E-state index contributed by atoms with van der Waals surface area (Å²) in [6, 6.07) is 7.62. The molecule has 0 radical (unpaired) electrons. The highest BCUT2D eigenvalue weighted by atomic mass is 35.5. The van der Waals surface area contributed by atoms with Crippen LogP contribution in [0.2, 0.25) is 5.02 Å². The third kappa shape index (κ3) is 4.72. The average molecular weight is 311 g/mol. The van der Waals surface area contributed by atoms with Crippen LogP contribution in [0.25, 0.3) is 0 Å². The molecule has 0 saturated heterocycles. The van der Waals surface area contributed by atoms with Crippen LogP contribution in [0.5, 0.6) is 0 Å². The van der Waals surface area contributed by atoms with Crippen LogP contribution < -0.4 is 0 Å². The molecule has 1 saturated carbocycles. The lowest BCUT2D eigenvalue weighted by Gasteiger charge is -2.33. The zero-order valence-electron chi connectivity index (χ0n) is 12.4. The number of benzene rings is 1. The summed E-state index contributed by atoms with van der Waals surface area (Å²) in [5.74, 6) is -0.247. The Bertz CT molecular complexity index is 450. The number of aliphatic carboxylic acids is 1. The molecule has 0 heterocycles. The SMILES string of the molecule is CCOC1CCC(C(CC(=O)O)c2ccc(Cl)cc2)CC1. The van der Waals surface area contributed by atoms with Crippen LogP contribution >= 0.6 is 11.6 Å². The predicted molar refractivity (Wildman–Crippen MR) is 83.8 cm³/mol. The van der Waals surface area contributed by atoms with Gasteiger partial charge in [-0.1, -0.05) is 23.7 Å². The van der Waals surface area contributed by atoms with E-state index in [0.29, 0.717) is 17.0 Å². The lowest BCUT2D eigenvalue weighted by atomic mass is 9.74. The number of ether oxygens (including phenoxy) is 1. The summed E-state index contributed by atoms with van der Waals surface area (Å²) in [6.45, 7) is 2.78. The molecule has 0 aliphatic heterocycles. The Hall–Kier alpha value is -1.06. The highest BCUT2D eigenvalue weighted by molar-refractivity contribution is 6.30. The van der Waals surface area contributed by atoms with E-state index < -0.39 is 5.97 Å². The molecule has 0 amide bonds. The van der Waals surface area contributed by atoms with Crippen molar-refractivity contribution in [3.05, 3.63) is 34.9 Å². The standard InChI is InChI=1S/C17H23ClO3/c1-2-21-15-9-5-13(6-10-15)16(11-17(19)20)12-3-7-14(18)8-4-12/h3-4,7-8,13,15-16H,2,5-6,9-11H2,1H3,(H,19,20). The number of halogens is 1. The van der Waals surface area contributed by atoms with E-state index >= 15 is 0 Å². The normalized spacial score (nSPS) is 23.7.